The van der Waals surface area contributed by atoms with E-state index in [0.717, 1.165) is 13.0 Å². The summed E-state index contributed by atoms with van der Waals surface area (Å²) in [4.78, 5) is 6.25. The van der Waals surface area contributed by atoms with Crippen molar-refractivity contribution in [3.05, 3.63) is 23.6 Å². The molecule has 1 unspecified atom stereocenters. The van der Waals surface area contributed by atoms with Gasteiger partial charge in [0, 0.05) is 36.9 Å². The SMILES string of the molecule is CCC(C)N(CC)c1nccc(CNC(C)C)c1F. The van der Waals surface area contributed by atoms with Gasteiger partial charge in [0.25, 0.3) is 0 Å². The third-order valence-electron chi connectivity index (χ3n) is 3.39. The van der Waals surface area contributed by atoms with Crippen LogP contribution in [0.3, 0.4) is 0 Å². The topological polar surface area (TPSA) is 28.2 Å². The molecular formula is C15H26FN3. The summed E-state index contributed by atoms with van der Waals surface area (Å²) in [6.45, 7) is 11.7. The summed E-state index contributed by atoms with van der Waals surface area (Å²) < 4.78 is 14.5. The van der Waals surface area contributed by atoms with Crippen molar-refractivity contribution in [2.24, 2.45) is 0 Å². The minimum absolute atomic E-state index is 0.196. The average Bonchev–Trinajstić information content (AvgIpc) is 2.39. The Morgan fingerprint density at radius 2 is 2.00 bits per heavy atom. The summed E-state index contributed by atoms with van der Waals surface area (Å²) in [5, 5.41) is 3.24. The van der Waals surface area contributed by atoms with E-state index in [4.69, 9.17) is 0 Å². The second-order valence-corrected chi connectivity index (χ2v) is 5.19. The molecule has 1 atom stereocenters. The lowest BCUT2D eigenvalue weighted by atomic mass is 10.2. The van der Waals surface area contributed by atoms with E-state index in [-0.39, 0.29) is 5.82 Å². The van der Waals surface area contributed by atoms with Crippen LogP contribution in [0, 0.1) is 5.82 Å². The lowest BCUT2D eigenvalue weighted by Gasteiger charge is -2.29. The summed E-state index contributed by atoms with van der Waals surface area (Å²) in [5.74, 6) is 0.276. The van der Waals surface area contributed by atoms with Gasteiger partial charge in [-0.05, 0) is 26.3 Å². The molecule has 3 nitrogen and oxygen atoms in total. The van der Waals surface area contributed by atoms with Gasteiger partial charge in [-0.2, -0.15) is 0 Å². The molecule has 1 aromatic heterocycles. The summed E-state index contributed by atoms with van der Waals surface area (Å²) in [7, 11) is 0. The van der Waals surface area contributed by atoms with Gasteiger partial charge in [0.1, 0.15) is 0 Å². The van der Waals surface area contributed by atoms with Crippen LogP contribution in [0.5, 0.6) is 0 Å². The van der Waals surface area contributed by atoms with Gasteiger partial charge >= 0.3 is 0 Å². The molecule has 0 fully saturated rings. The molecule has 0 aliphatic carbocycles. The Hall–Kier alpha value is -1.16. The highest BCUT2D eigenvalue weighted by molar-refractivity contribution is 5.44. The maximum absolute atomic E-state index is 14.5. The van der Waals surface area contributed by atoms with E-state index in [1.165, 1.54) is 0 Å². The number of pyridine rings is 1. The van der Waals surface area contributed by atoms with Crippen molar-refractivity contribution in [2.45, 2.75) is 59.7 Å². The summed E-state index contributed by atoms with van der Waals surface area (Å²) in [6.07, 6.45) is 2.67. The van der Waals surface area contributed by atoms with Crippen LogP contribution in [0.1, 0.15) is 46.6 Å². The minimum atomic E-state index is -0.196. The zero-order chi connectivity index (χ0) is 14.4. The fourth-order valence-electron chi connectivity index (χ4n) is 2.01. The molecule has 0 aliphatic rings. The van der Waals surface area contributed by atoms with Crippen molar-refractivity contribution >= 4 is 5.82 Å². The van der Waals surface area contributed by atoms with Crippen LogP contribution in [0.25, 0.3) is 0 Å². The third kappa shape index (κ3) is 4.16. The minimum Gasteiger partial charge on any atom is -0.352 e. The standard InChI is InChI=1S/C15H26FN3/c1-6-12(5)19(7-2)15-14(16)13(8-9-17-15)10-18-11(3)4/h8-9,11-12,18H,6-7,10H2,1-5H3. The van der Waals surface area contributed by atoms with Crippen molar-refractivity contribution in [3.63, 3.8) is 0 Å². The van der Waals surface area contributed by atoms with Gasteiger partial charge in [-0.15, -0.1) is 0 Å². The maximum Gasteiger partial charge on any atom is 0.170 e. The molecule has 0 aromatic carbocycles. The highest BCUT2D eigenvalue weighted by atomic mass is 19.1. The predicted molar refractivity (Wildman–Crippen MR) is 78.9 cm³/mol. The number of hydrogen-bond acceptors (Lipinski definition) is 3. The van der Waals surface area contributed by atoms with E-state index < -0.39 is 0 Å². The number of aromatic nitrogens is 1. The van der Waals surface area contributed by atoms with Crippen LogP contribution < -0.4 is 10.2 Å². The smallest absolute Gasteiger partial charge is 0.170 e. The second kappa shape index (κ2) is 7.43. The normalized spacial score (nSPS) is 12.8. The fraction of sp³-hybridized carbons (Fsp3) is 0.667. The average molecular weight is 267 g/mol. The van der Waals surface area contributed by atoms with Crippen molar-refractivity contribution in [2.75, 3.05) is 11.4 Å². The van der Waals surface area contributed by atoms with Gasteiger partial charge in [-0.3, -0.25) is 0 Å². The van der Waals surface area contributed by atoms with Crippen LogP contribution in [0.15, 0.2) is 12.3 Å². The monoisotopic (exact) mass is 267 g/mol. The Labute approximate surface area is 116 Å². The van der Waals surface area contributed by atoms with Crippen molar-refractivity contribution in [3.8, 4) is 0 Å². The van der Waals surface area contributed by atoms with Crippen LogP contribution >= 0.6 is 0 Å². The second-order valence-electron chi connectivity index (χ2n) is 5.19. The molecule has 4 heteroatoms. The largest absolute Gasteiger partial charge is 0.352 e. The molecule has 0 radical (unpaired) electrons. The van der Waals surface area contributed by atoms with E-state index in [1.807, 2.05) is 11.8 Å². The number of nitrogens with zero attached hydrogens (tertiary/aromatic N) is 2. The van der Waals surface area contributed by atoms with Gasteiger partial charge in [0.2, 0.25) is 0 Å². The zero-order valence-electron chi connectivity index (χ0n) is 12.7. The quantitative estimate of drug-likeness (QED) is 0.821. The number of nitrogens with one attached hydrogen (secondary N) is 1. The molecule has 0 bridgehead atoms. The van der Waals surface area contributed by atoms with Crippen molar-refractivity contribution < 1.29 is 4.39 Å². The highest BCUT2D eigenvalue weighted by Gasteiger charge is 2.18. The zero-order valence-corrected chi connectivity index (χ0v) is 12.7. The first-order chi connectivity index (χ1) is 9.01. The first kappa shape index (κ1) is 15.9. The number of anilines is 1. The molecule has 1 heterocycles. The number of rotatable bonds is 7. The molecule has 0 aliphatic heterocycles. The third-order valence-corrected chi connectivity index (χ3v) is 3.39. The van der Waals surface area contributed by atoms with E-state index in [2.05, 4.69) is 38.0 Å². The van der Waals surface area contributed by atoms with Crippen LogP contribution in [-0.2, 0) is 6.54 Å². The first-order valence-electron chi connectivity index (χ1n) is 7.14. The number of hydrogen-bond donors (Lipinski definition) is 1. The van der Waals surface area contributed by atoms with Crippen molar-refractivity contribution in [1.29, 1.82) is 0 Å². The molecule has 0 spiro atoms. The van der Waals surface area contributed by atoms with Crippen LogP contribution in [0.4, 0.5) is 10.2 Å². The maximum atomic E-state index is 14.5. The Bertz CT molecular complexity index is 393. The van der Waals surface area contributed by atoms with Crippen LogP contribution in [0.2, 0.25) is 0 Å². The molecule has 1 N–H and O–H groups in total. The Morgan fingerprint density at radius 3 is 2.53 bits per heavy atom. The molecule has 1 rings (SSSR count). The molecule has 108 valence electrons. The summed E-state index contributed by atoms with van der Waals surface area (Å²) >= 11 is 0. The lowest BCUT2D eigenvalue weighted by Crippen LogP contribution is -2.34. The Balaban J connectivity index is 2.98. The molecule has 0 amide bonds. The van der Waals surface area contributed by atoms with Crippen molar-refractivity contribution in [1.82, 2.24) is 10.3 Å². The lowest BCUT2D eigenvalue weighted by molar-refractivity contribution is 0.537. The van der Waals surface area contributed by atoms with Gasteiger partial charge in [0.15, 0.2) is 11.6 Å². The highest BCUT2D eigenvalue weighted by Crippen LogP contribution is 2.22. The van der Waals surface area contributed by atoms with E-state index >= 15 is 0 Å². The summed E-state index contributed by atoms with van der Waals surface area (Å²) in [6, 6.07) is 2.38. The Morgan fingerprint density at radius 1 is 1.32 bits per heavy atom. The van der Waals surface area contributed by atoms with Gasteiger partial charge in [-0.25, -0.2) is 9.37 Å². The Kier molecular flexibility index (Phi) is 6.22. The van der Waals surface area contributed by atoms with E-state index in [9.17, 15) is 4.39 Å². The predicted octanol–water partition coefficient (Wildman–Crippen LogP) is 3.34. The molecule has 19 heavy (non-hydrogen) atoms. The first-order valence-corrected chi connectivity index (χ1v) is 7.14. The van der Waals surface area contributed by atoms with E-state index in [0.29, 0.717) is 30.0 Å². The molecular weight excluding hydrogens is 241 g/mol. The van der Waals surface area contributed by atoms with Gasteiger partial charge in [0.05, 0.1) is 0 Å². The van der Waals surface area contributed by atoms with E-state index in [1.54, 1.807) is 12.3 Å². The van der Waals surface area contributed by atoms with Crippen LogP contribution in [-0.4, -0.2) is 23.6 Å². The molecule has 0 saturated carbocycles. The van der Waals surface area contributed by atoms with Gasteiger partial charge < -0.3 is 10.2 Å². The fourth-order valence-corrected chi connectivity index (χ4v) is 2.01. The molecule has 1 aromatic rings. The summed E-state index contributed by atoms with van der Waals surface area (Å²) in [5.41, 5.74) is 0.681. The number of halogens is 1. The van der Waals surface area contributed by atoms with Gasteiger partial charge in [-0.1, -0.05) is 20.8 Å². The molecule has 0 saturated heterocycles.